The Balaban J connectivity index is 1.49. The van der Waals surface area contributed by atoms with Crippen LogP contribution in [0.2, 0.25) is 0 Å². The van der Waals surface area contributed by atoms with Crippen molar-refractivity contribution < 1.29 is 14.0 Å². The molecule has 2 aromatic rings. The van der Waals surface area contributed by atoms with Crippen LogP contribution in [0.5, 0.6) is 0 Å². The highest BCUT2D eigenvalue weighted by atomic mass is 16.3. The van der Waals surface area contributed by atoms with Crippen LogP contribution < -0.4 is 15.5 Å². The summed E-state index contributed by atoms with van der Waals surface area (Å²) in [7, 11) is 0. The number of anilines is 2. The van der Waals surface area contributed by atoms with E-state index >= 15 is 0 Å². The average Bonchev–Trinajstić information content (AvgIpc) is 3.03. The molecule has 3 rings (SSSR count). The first-order valence-corrected chi connectivity index (χ1v) is 8.69. The number of nitrogens with one attached hydrogen (secondary N) is 2. The van der Waals surface area contributed by atoms with Crippen molar-refractivity contribution in [1.82, 2.24) is 5.32 Å². The zero-order valence-electron chi connectivity index (χ0n) is 14.2. The molecule has 1 aromatic carbocycles. The molecule has 6 nitrogen and oxygen atoms in total. The molecule has 1 aromatic heterocycles. The minimum Gasteiger partial charge on any atom is -0.459 e. The Morgan fingerprint density at radius 1 is 1.00 bits per heavy atom. The van der Waals surface area contributed by atoms with Crippen molar-refractivity contribution in [2.45, 2.75) is 25.7 Å². The van der Waals surface area contributed by atoms with Gasteiger partial charge in [-0.15, -0.1) is 0 Å². The van der Waals surface area contributed by atoms with E-state index in [0.29, 0.717) is 0 Å². The second-order valence-electron chi connectivity index (χ2n) is 6.16. The summed E-state index contributed by atoms with van der Waals surface area (Å²) >= 11 is 0. The summed E-state index contributed by atoms with van der Waals surface area (Å²) in [6, 6.07) is 11.0. The maximum Gasteiger partial charge on any atom is 0.287 e. The van der Waals surface area contributed by atoms with Crippen LogP contribution in [0.4, 0.5) is 11.4 Å². The van der Waals surface area contributed by atoms with Gasteiger partial charge in [-0.2, -0.15) is 0 Å². The lowest BCUT2D eigenvalue weighted by Gasteiger charge is -2.22. The molecule has 0 aliphatic carbocycles. The van der Waals surface area contributed by atoms with Crippen molar-refractivity contribution in [3.05, 3.63) is 48.4 Å². The SMILES string of the molecule is O=C(CNC(=O)c1ccco1)Nc1ccc(N2CCCCCC2)cc1. The predicted octanol–water partition coefficient (Wildman–Crippen LogP) is 3.03. The van der Waals surface area contributed by atoms with Gasteiger partial charge in [0.15, 0.2) is 5.76 Å². The van der Waals surface area contributed by atoms with Crippen molar-refractivity contribution in [2.24, 2.45) is 0 Å². The van der Waals surface area contributed by atoms with E-state index in [1.54, 1.807) is 12.1 Å². The number of hydrogen-bond acceptors (Lipinski definition) is 4. The smallest absolute Gasteiger partial charge is 0.287 e. The summed E-state index contributed by atoms with van der Waals surface area (Å²) in [6.45, 7) is 2.07. The Hall–Kier alpha value is -2.76. The van der Waals surface area contributed by atoms with Crippen LogP contribution >= 0.6 is 0 Å². The van der Waals surface area contributed by atoms with E-state index in [1.807, 2.05) is 24.3 Å². The van der Waals surface area contributed by atoms with Gasteiger partial charge >= 0.3 is 0 Å². The van der Waals surface area contributed by atoms with Crippen LogP contribution in [0, 0.1) is 0 Å². The first kappa shape index (κ1) is 17.1. The summed E-state index contributed by atoms with van der Waals surface area (Å²) in [5.74, 6) is -0.492. The van der Waals surface area contributed by atoms with Gasteiger partial charge in [-0.05, 0) is 49.2 Å². The molecular formula is C19H23N3O3. The van der Waals surface area contributed by atoms with Gasteiger partial charge in [-0.25, -0.2) is 0 Å². The summed E-state index contributed by atoms with van der Waals surface area (Å²) in [4.78, 5) is 26.1. The molecule has 0 saturated carbocycles. The van der Waals surface area contributed by atoms with Crippen LogP contribution in [0.15, 0.2) is 47.1 Å². The number of furan rings is 1. The van der Waals surface area contributed by atoms with Crippen molar-refractivity contribution >= 4 is 23.2 Å². The van der Waals surface area contributed by atoms with Crippen LogP contribution in [0.1, 0.15) is 36.2 Å². The van der Waals surface area contributed by atoms with Crippen LogP contribution in [0.3, 0.4) is 0 Å². The lowest BCUT2D eigenvalue weighted by molar-refractivity contribution is -0.115. The first-order chi connectivity index (χ1) is 12.2. The number of rotatable bonds is 5. The Labute approximate surface area is 147 Å². The van der Waals surface area contributed by atoms with Gasteiger partial charge in [0, 0.05) is 24.5 Å². The van der Waals surface area contributed by atoms with Crippen molar-refractivity contribution in [3.63, 3.8) is 0 Å². The third-order valence-electron chi connectivity index (χ3n) is 4.28. The lowest BCUT2D eigenvalue weighted by atomic mass is 10.2. The highest BCUT2D eigenvalue weighted by Crippen LogP contribution is 2.21. The van der Waals surface area contributed by atoms with Crippen molar-refractivity contribution in [3.8, 4) is 0 Å². The molecule has 0 atom stereocenters. The molecule has 2 N–H and O–H groups in total. The Bertz CT molecular complexity index is 687. The van der Waals surface area contributed by atoms with E-state index in [9.17, 15) is 9.59 Å². The zero-order chi connectivity index (χ0) is 17.5. The highest BCUT2D eigenvalue weighted by molar-refractivity contribution is 5.98. The molecule has 1 saturated heterocycles. The van der Waals surface area contributed by atoms with Crippen LogP contribution in [-0.2, 0) is 4.79 Å². The zero-order valence-corrected chi connectivity index (χ0v) is 14.2. The molecule has 25 heavy (non-hydrogen) atoms. The van der Waals surface area contributed by atoms with Gasteiger partial charge in [0.2, 0.25) is 5.91 Å². The van der Waals surface area contributed by atoms with E-state index in [-0.39, 0.29) is 18.2 Å². The molecule has 0 radical (unpaired) electrons. The molecule has 0 unspecified atom stereocenters. The van der Waals surface area contributed by atoms with Gasteiger partial charge in [0.1, 0.15) is 0 Å². The topological polar surface area (TPSA) is 74.6 Å². The molecule has 2 amide bonds. The number of carbonyl (C=O) groups is 2. The summed E-state index contributed by atoms with van der Waals surface area (Å²) < 4.78 is 4.98. The number of hydrogen-bond donors (Lipinski definition) is 2. The second-order valence-corrected chi connectivity index (χ2v) is 6.16. The van der Waals surface area contributed by atoms with Crippen molar-refractivity contribution in [2.75, 3.05) is 29.9 Å². The Morgan fingerprint density at radius 3 is 2.36 bits per heavy atom. The number of carbonyl (C=O) groups excluding carboxylic acids is 2. The molecule has 0 spiro atoms. The quantitative estimate of drug-likeness (QED) is 0.877. The fourth-order valence-electron chi connectivity index (χ4n) is 2.95. The van der Waals surface area contributed by atoms with Gasteiger partial charge < -0.3 is 20.0 Å². The number of amides is 2. The summed E-state index contributed by atoms with van der Waals surface area (Å²) in [6.07, 6.45) is 6.48. The predicted molar refractivity (Wildman–Crippen MR) is 96.8 cm³/mol. The molecule has 0 bridgehead atoms. The first-order valence-electron chi connectivity index (χ1n) is 8.69. The molecule has 1 aliphatic heterocycles. The molecule has 2 heterocycles. The number of benzene rings is 1. The van der Waals surface area contributed by atoms with E-state index in [0.717, 1.165) is 18.8 Å². The fourth-order valence-corrected chi connectivity index (χ4v) is 2.95. The Kier molecular flexibility index (Phi) is 5.72. The van der Waals surface area contributed by atoms with Crippen LogP contribution in [-0.4, -0.2) is 31.4 Å². The average molecular weight is 341 g/mol. The van der Waals surface area contributed by atoms with Crippen LogP contribution in [0.25, 0.3) is 0 Å². The molecule has 1 aliphatic rings. The van der Waals surface area contributed by atoms with Gasteiger partial charge in [-0.1, -0.05) is 12.8 Å². The van der Waals surface area contributed by atoms with Gasteiger partial charge in [-0.3, -0.25) is 9.59 Å². The fraction of sp³-hybridized carbons (Fsp3) is 0.368. The van der Waals surface area contributed by atoms with E-state index in [2.05, 4.69) is 15.5 Å². The lowest BCUT2D eigenvalue weighted by Crippen LogP contribution is -2.32. The highest BCUT2D eigenvalue weighted by Gasteiger charge is 2.12. The van der Waals surface area contributed by atoms with Crippen molar-refractivity contribution in [1.29, 1.82) is 0 Å². The van der Waals surface area contributed by atoms with Gasteiger partial charge in [0.05, 0.1) is 12.8 Å². The summed E-state index contributed by atoms with van der Waals surface area (Å²) in [5, 5.41) is 5.30. The molecule has 132 valence electrons. The molecule has 6 heteroatoms. The second kappa shape index (κ2) is 8.37. The number of nitrogens with zero attached hydrogens (tertiary/aromatic N) is 1. The minimum atomic E-state index is -0.406. The molecule has 1 fully saturated rings. The largest absolute Gasteiger partial charge is 0.459 e. The standard InChI is InChI=1S/C19H23N3O3/c23-18(14-20-19(24)17-6-5-13-25-17)21-15-7-9-16(10-8-15)22-11-3-1-2-4-12-22/h5-10,13H,1-4,11-12,14H2,(H,20,24)(H,21,23). The maximum absolute atomic E-state index is 12.0. The summed E-state index contributed by atoms with van der Waals surface area (Å²) in [5.41, 5.74) is 1.90. The maximum atomic E-state index is 12.0. The van der Waals surface area contributed by atoms with E-state index < -0.39 is 5.91 Å². The minimum absolute atomic E-state index is 0.104. The normalized spacial score (nSPS) is 14.6. The monoisotopic (exact) mass is 341 g/mol. The Morgan fingerprint density at radius 2 is 1.72 bits per heavy atom. The third kappa shape index (κ3) is 4.86. The molecular weight excluding hydrogens is 318 g/mol. The van der Waals surface area contributed by atoms with E-state index in [4.69, 9.17) is 4.42 Å². The van der Waals surface area contributed by atoms with Gasteiger partial charge in [0.25, 0.3) is 5.91 Å². The third-order valence-corrected chi connectivity index (χ3v) is 4.28. The van der Waals surface area contributed by atoms with E-state index in [1.165, 1.54) is 37.6 Å².